The Bertz CT molecular complexity index is 1150. The van der Waals surface area contributed by atoms with Gasteiger partial charge in [-0.05, 0) is 57.5 Å². The molecule has 34 heavy (non-hydrogen) atoms. The summed E-state index contributed by atoms with van der Waals surface area (Å²) in [7, 11) is -4.08. The number of hydrogen-bond donors (Lipinski definition) is 1. The lowest BCUT2D eigenvalue weighted by Gasteiger charge is -2.33. The molecule has 0 aliphatic heterocycles. The summed E-state index contributed by atoms with van der Waals surface area (Å²) >= 11 is 0. The second kappa shape index (κ2) is 10.5. The van der Waals surface area contributed by atoms with E-state index >= 15 is 0 Å². The molecule has 11 heteroatoms. The molecule has 0 bridgehead atoms. The van der Waals surface area contributed by atoms with E-state index in [0.717, 1.165) is 23.3 Å². The fourth-order valence-corrected chi connectivity index (χ4v) is 3.94. The zero-order chi connectivity index (χ0) is 25.8. The van der Waals surface area contributed by atoms with Gasteiger partial charge in [0, 0.05) is 18.2 Å². The summed E-state index contributed by atoms with van der Waals surface area (Å²) < 4.78 is 65.9. The number of benzene rings is 2. The summed E-state index contributed by atoms with van der Waals surface area (Å²) in [5.74, 6) is -4.19. The van der Waals surface area contributed by atoms with Crippen LogP contribution in [0.2, 0.25) is 0 Å². The third kappa shape index (κ3) is 7.47. The predicted octanol–water partition coefficient (Wildman–Crippen LogP) is 3.20. The Morgan fingerprint density at radius 2 is 1.59 bits per heavy atom. The molecule has 0 radical (unpaired) electrons. The van der Waals surface area contributed by atoms with Crippen molar-refractivity contribution in [3.63, 3.8) is 0 Å². The van der Waals surface area contributed by atoms with E-state index in [1.807, 2.05) is 0 Å². The summed E-state index contributed by atoms with van der Waals surface area (Å²) in [5, 5.41) is 2.76. The van der Waals surface area contributed by atoms with E-state index in [1.54, 1.807) is 20.8 Å². The number of carbonyl (C=O) groups is 2. The molecule has 2 amide bonds. The van der Waals surface area contributed by atoms with E-state index < -0.39 is 57.4 Å². The SMILES string of the molecule is C[C@@H](C(=O)NC(C)(C)C)N(Cc1ccc(F)cc1)C(=O)CN(c1ccc(F)c(F)c1)S(C)(=O)=O. The van der Waals surface area contributed by atoms with Gasteiger partial charge in [0.1, 0.15) is 18.4 Å². The molecule has 7 nitrogen and oxygen atoms in total. The molecule has 0 unspecified atom stereocenters. The van der Waals surface area contributed by atoms with Crippen LogP contribution in [0.25, 0.3) is 0 Å². The highest BCUT2D eigenvalue weighted by Crippen LogP contribution is 2.21. The molecular weight excluding hydrogens is 471 g/mol. The Hall–Kier alpha value is -3.08. The summed E-state index contributed by atoms with van der Waals surface area (Å²) in [5.41, 5.74) is -0.340. The quantitative estimate of drug-likeness (QED) is 0.605. The summed E-state index contributed by atoms with van der Waals surface area (Å²) in [6.07, 6.45) is 0.821. The second-order valence-electron chi connectivity index (χ2n) is 8.93. The van der Waals surface area contributed by atoms with Crippen molar-refractivity contribution in [2.24, 2.45) is 0 Å². The monoisotopic (exact) mass is 499 g/mol. The lowest BCUT2D eigenvalue weighted by molar-refractivity contribution is -0.140. The molecule has 186 valence electrons. The maximum Gasteiger partial charge on any atom is 0.244 e. The molecule has 2 rings (SSSR count). The van der Waals surface area contributed by atoms with E-state index in [-0.39, 0.29) is 12.2 Å². The molecule has 0 aromatic heterocycles. The van der Waals surface area contributed by atoms with Gasteiger partial charge >= 0.3 is 0 Å². The fourth-order valence-electron chi connectivity index (χ4n) is 3.10. The van der Waals surface area contributed by atoms with Gasteiger partial charge in [-0.25, -0.2) is 21.6 Å². The van der Waals surface area contributed by atoms with Gasteiger partial charge < -0.3 is 10.2 Å². The standard InChI is InChI=1S/C23H28F3N3O4S/c1-15(22(31)27-23(2,3)4)28(13-16-6-8-17(24)9-7-16)21(30)14-29(34(5,32)33)18-10-11-19(25)20(26)12-18/h6-12,15H,13-14H2,1-5H3,(H,27,31)/t15-/m0/s1. The smallest absolute Gasteiger partial charge is 0.244 e. The van der Waals surface area contributed by atoms with Crippen molar-refractivity contribution >= 4 is 27.5 Å². The van der Waals surface area contributed by atoms with Gasteiger partial charge in [0.2, 0.25) is 21.8 Å². The molecule has 0 spiro atoms. The number of anilines is 1. The van der Waals surface area contributed by atoms with Crippen LogP contribution in [0.5, 0.6) is 0 Å². The average Bonchev–Trinajstić information content (AvgIpc) is 2.71. The second-order valence-corrected chi connectivity index (χ2v) is 10.8. The number of rotatable bonds is 8. The minimum absolute atomic E-state index is 0.118. The molecule has 1 atom stereocenters. The highest BCUT2D eigenvalue weighted by atomic mass is 32.2. The van der Waals surface area contributed by atoms with Crippen molar-refractivity contribution in [1.29, 1.82) is 0 Å². The number of carbonyl (C=O) groups excluding carboxylic acids is 2. The number of halogens is 3. The number of nitrogens with zero attached hydrogens (tertiary/aromatic N) is 2. The van der Waals surface area contributed by atoms with E-state index in [4.69, 9.17) is 0 Å². The summed E-state index contributed by atoms with van der Waals surface area (Å²) in [6, 6.07) is 6.70. The summed E-state index contributed by atoms with van der Waals surface area (Å²) in [4.78, 5) is 27.2. The van der Waals surface area contributed by atoms with Gasteiger partial charge in [-0.15, -0.1) is 0 Å². The van der Waals surface area contributed by atoms with Crippen molar-refractivity contribution in [3.05, 3.63) is 65.5 Å². The van der Waals surface area contributed by atoms with Crippen LogP contribution >= 0.6 is 0 Å². The molecule has 0 heterocycles. The predicted molar refractivity (Wildman–Crippen MR) is 123 cm³/mol. The van der Waals surface area contributed by atoms with Crippen LogP contribution in [0.3, 0.4) is 0 Å². The first kappa shape index (κ1) is 27.2. The van der Waals surface area contributed by atoms with E-state index in [9.17, 15) is 31.2 Å². The summed E-state index contributed by atoms with van der Waals surface area (Å²) in [6.45, 7) is 5.88. The van der Waals surface area contributed by atoms with Crippen LogP contribution < -0.4 is 9.62 Å². The molecule has 0 aliphatic rings. The Balaban J connectivity index is 2.41. The first-order valence-electron chi connectivity index (χ1n) is 10.4. The number of sulfonamides is 1. The zero-order valence-electron chi connectivity index (χ0n) is 19.6. The molecular formula is C23H28F3N3O4S. The minimum atomic E-state index is -4.08. The van der Waals surface area contributed by atoms with Gasteiger partial charge in [-0.2, -0.15) is 0 Å². The van der Waals surface area contributed by atoms with Crippen molar-refractivity contribution in [2.75, 3.05) is 17.1 Å². The van der Waals surface area contributed by atoms with E-state index in [1.165, 1.54) is 31.2 Å². The molecule has 0 saturated carbocycles. The van der Waals surface area contributed by atoms with E-state index in [0.29, 0.717) is 15.9 Å². The Morgan fingerprint density at radius 1 is 1.00 bits per heavy atom. The molecule has 2 aromatic carbocycles. The Kier molecular flexibility index (Phi) is 8.35. The largest absolute Gasteiger partial charge is 0.350 e. The number of amides is 2. The molecule has 2 aromatic rings. The fraction of sp³-hybridized carbons (Fsp3) is 0.391. The Labute approximate surface area is 197 Å². The molecule has 0 aliphatic carbocycles. The van der Waals surface area contributed by atoms with Crippen molar-refractivity contribution in [2.45, 2.75) is 45.8 Å². The lowest BCUT2D eigenvalue weighted by Crippen LogP contribution is -2.54. The van der Waals surface area contributed by atoms with Gasteiger partial charge in [0.25, 0.3) is 0 Å². The first-order chi connectivity index (χ1) is 15.6. The third-order valence-corrected chi connectivity index (χ3v) is 5.94. The Morgan fingerprint density at radius 3 is 2.09 bits per heavy atom. The normalized spacial score (nSPS) is 12.7. The van der Waals surface area contributed by atoms with Crippen LogP contribution in [-0.2, 0) is 26.2 Å². The van der Waals surface area contributed by atoms with Crippen LogP contribution in [-0.4, -0.2) is 49.5 Å². The van der Waals surface area contributed by atoms with Crippen molar-refractivity contribution in [3.8, 4) is 0 Å². The number of hydrogen-bond acceptors (Lipinski definition) is 4. The highest BCUT2D eigenvalue weighted by Gasteiger charge is 2.31. The topological polar surface area (TPSA) is 86.8 Å². The third-order valence-electron chi connectivity index (χ3n) is 4.80. The maximum absolute atomic E-state index is 13.8. The lowest BCUT2D eigenvalue weighted by atomic mass is 10.1. The highest BCUT2D eigenvalue weighted by molar-refractivity contribution is 7.92. The van der Waals surface area contributed by atoms with Gasteiger partial charge in [-0.1, -0.05) is 12.1 Å². The minimum Gasteiger partial charge on any atom is -0.350 e. The maximum atomic E-state index is 13.8. The van der Waals surface area contributed by atoms with Crippen LogP contribution in [0.4, 0.5) is 18.9 Å². The number of nitrogens with one attached hydrogen (secondary N) is 1. The van der Waals surface area contributed by atoms with Crippen LogP contribution in [0.15, 0.2) is 42.5 Å². The van der Waals surface area contributed by atoms with E-state index in [2.05, 4.69) is 5.32 Å². The van der Waals surface area contributed by atoms with Crippen LogP contribution in [0, 0.1) is 17.5 Å². The molecule has 1 N–H and O–H groups in total. The van der Waals surface area contributed by atoms with Crippen LogP contribution in [0.1, 0.15) is 33.3 Å². The first-order valence-corrected chi connectivity index (χ1v) is 12.2. The van der Waals surface area contributed by atoms with Gasteiger partial charge in [-0.3, -0.25) is 13.9 Å². The average molecular weight is 500 g/mol. The van der Waals surface area contributed by atoms with Gasteiger partial charge in [0.15, 0.2) is 11.6 Å². The van der Waals surface area contributed by atoms with Crippen molar-refractivity contribution in [1.82, 2.24) is 10.2 Å². The molecule has 0 fully saturated rings. The van der Waals surface area contributed by atoms with Gasteiger partial charge in [0.05, 0.1) is 11.9 Å². The zero-order valence-corrected chi connectivity index (χ0v) is 20.4. The molecule has 0 saturated heterocycles. The van der Waals surface area contributed by atoms with Crippen molar-refractivity contribution < 1.29 is 31.2 Å².